The number of aromatic carboxylic acids is 6. The monoisotopic (exact) mass is 1370 g/mol. The summed E-state index contributed by atoms with van der Waals surface area (Å²) in [6.45, 7) is 0. The first-order chi connectivity index (χ1) is 34.4. The van der Waals surface area contributed by atoms with Gasteiger partial charge in [0.25, 0.3) is 0 Å². The molecule has 0 N–H and O–H groups in total. The van der Waals surface area contributed by atoms with Gasteiger partial charge in [0.1, 0.15) is 53.8 Å². The summed E-state index contributed by atoms with van der Waals surface area (Å²) < 4.78 is 0. The van der Waals surface area contributed by atoms with E-state index in [1.807, 2.05) is 0 Å². The van der Waals surface area contributed by atoms with Crippen molar-refractivity contribution in [3.05, 3.63) is 94.3 Å². The Morgan fingerprint density at radius 1 is 0.360 bits per heavy atom. The molecule has 6 aromatic heterocycles. The first kappa shape index (κ1) is 63.7. The number of carboxylic acid groups (broad SMARTS) is 6. The van der Waals surface area contributed by atoms with Crippen molar-refractivity contribution in [2.24, 2.45) is 0 Å². The van der Waals surface area contributed by atoms with Crippen LogP contribution in [0.3, 0.4) is 0 Å². The van der Waals surface area contributed by atoms with Crippen molar-refractivity contribution in [1.82, 2.24) is 29.9 Å². The normalized spacial score (nSPS) is 9.63. The van der Waals surface area contributed by atoms with Crippen LogP contribution in [-0.4, -0.2) is 65.7 Å². The van der Waals surface area contributed by atoms with E-state index in [4.69, 9.17) is 21.0 Å². The van der Waals surface area contributed by atoms with Gasteiger partial charge in [-0.05, 0) is 95.6 Å². The molecule has 0 aliphatic heterocycles. The minimum Gasteiger partial charge on any atom is -0.545 e. The average molecular weight is 1370 g/mol. The Hall–Kier alpha value is -7.37. The van der Waals surface area contributed by atoms with Gasteiger partial charge in [-0.1, -0.05) is 0 Å². The smallest absolute Gasteiger partial charge is 0.545 e. The number of carbonyl (C=O) groups is 6. The molecule has 0 aromatic carbocycles. The number of rotatable bonds is 16. The Bertz CT molecular complexity index is 3370. The van der Waals surface area contributed by atoms with Crippen molar-refractivity contribution in [2.75, 3.05) is 0 Å². The van der Waals surface area contributed by atoms with Crippen LogP contribution in [0.1, 0.15) is 62.1 Å². The first-order valence-electron chi connectivity index (χ1n) is 18.2. The molecule has 24 nitrogen and oxygen atoms in total. The maximum atomic E-state index is 12.0. The van der Waals surface area contributed by atoms with Gasteiger partial charge in [0.05, 0.1) is 89.6 Å². The summed E-state index contributed by atoms with van der Waals surface area (Å²) in [5, 5.41) is 135. The van der Waals surface area contributed by atoms with Crippen LogP contribution in [-0.2, 0) is 58.4 Å². The predicted octanol–water partition coefficient (Wildman–Crippen LogP) is 0.0238. The van der Waals surface area contributed by atoms with Gasteiger partial charge < -0.3 is 59.4 Å². The number of hydrogen-bond donors (Lipinski definition) is 0. The van der Waals surface area contributed by atoms with Crippen LogP contribution in [0, 0.1) is 64.0 Å². The van der Waals surface area contributed by atoms with E-state index in [9.17, 15) is 69.9 Å². The molecule has 33 heteroatoms. The van der Waals surface area contributed by atoms with Gasteiger partial charge in [0.2, 0.25) is 0 Å². The summed E-state index contributed by atoms with van der Waals surface area (Å²) in [6, 6.07) is 8.52. The number of carboxylic acids is 6. The van der Waals surface area contributed by atoms with Crippen molar-refractivity contribution < 1.29 is 118 Å². The number of pyridine rings is 6. The summed E-state index contributed by atoms with van der Waals surface area (Å²) in [5.74, 6) is -9.93. The number of aromatic nitrogens is 6. The van der Waals surface area contributed by atoms with Gasteiger partial charge in [-0.2, -0.15) is 31.6 Å². The molecule has 0 saturated carbocycles. The van der Waals surface area contributed by atoms with Gasteiger partial charge in [0, 0.05) is 69.3 Å². The van der Waals surface area contributed by atoms with Crippen molar-refractivity contribution in [2.45, 2.75) is 29.6 Å². The van der Waals surface area contributed by atoms with Crippen molar-refractivity contribution in [3.8, 4) is 78.0 Å². The van der Waals surface area contributed by atoms with Crippen LogP contribution in [0.2, 0.25) is 0 Å². The predicted molar refractivity (Wildman–Crippen MR) is 236 cm³/mol. The van der Waals surface area contributed by atoms with Crippen molar-refractivity contribution in [3.63, 3.8) is 0 Å². The zero-order valence-electron chi connectivity index (χ0n) is 35.5. The maximum absolute atomic E-state index is 12.0. The molecule has 6 heterocycles. The second kappa shape index (κ2) is 29.5. The average Bonchev–Trinajstić information content (AvgIpc) is 3.35. The van der Waals surface area contributed by atoms with E-state index in [-0.39, 0.29) is 145 Å². The fraction of sp³-hybridized carbons (Fsp3) is 0. The molecule has 0 radical (unpaired) electrons. The molecule has 370 valence electrons. The molecule has 0 bridgehead atoms. The Morgan fingerprint density at radius 3 is 0.920 bits per heavy atom. The SMILES string of the molecule is N#CSc1nc(-c2cc(C(=O)[O-])cc(-c3cc(C(=O)[O-])ccn3)n2)c(SC#N)c(C(=O)[O-])c1SC#N.N#CSc1nc(-c2cc(C(=O)[O-])cc(-c3cc(C(=O)[O-])ccn3)n2)c(SC#N)c(C(=O)[O-])c1SC#N.[Ru+2].[Ru+2].[Ru+2]. The molecule has 0 aliphatic rings. The fourth-order valence-corrected chi connectivity index (χ4v) is 9.51. The van der Waals surface area contributed by atoms with Crippen molar-refractivity contribution >= 4 is 106 Å². The van der Waals surface area contributed by atoms with Gasteiger partial charge in [-0.25, -0.2) is 19.9 Å². The van der Waals surface area contributed by atoms with Crippen LogP contribution in [0.15, 0.2) is 90.6 Å². The quantitative estimate of drug-likeness (QED) is 0.0700. The van der Waals surface area contributed by atoms with E-state index in [0.717, 1.165) is 60.9 Å². The molecule has 6 rings (SSSR count). The minimum absolute atomic E-state index is 0. The first-order valence-corrected chi connectivity index (χ1v) is 23.1. The van der Waals surface area contributed by atoms with Crippen LogP contribution >= 0.6 is 70.6 Å². The minimum atomic E-state index is -1.78. The molecule has 0 amide bonds. The number of carbonyl (C=O) groups excluding carboxylic acids is 6. The second-order valence-corrected chi connectivity index (χ2v) is 17.3. The number of nitrogens with zero attached hydrogens (tertiary/aromatic N) is 12. The molecule has 75 heavy (non-hydrogen) atoms. The third kappa shape index (κ3) is 15.4. The number of thiocyanates is 6. The third-order valence-corrected chi connectivity index (χ3v) is 12.8. The number of hydrogen-bond acceptors (Lipinski definition) is 30. The van der Waals surface area contributed by atoms with Crippen LogP contribution in [0.25, 0.3) is 45.6 Å². The topological polar surface area (TPSA) is 461 Å². The van der Waals surface area contributed by atoms with Gasteiger partial charge in [0.15, 0.2) is 0 Å². The van der Waals surface area contributed by atoms with Crippen LogP contribution in [0.4, 0.5) is 0 Å². The number of thioether (sulfide) groups is 6. The Labute approximate surface area is 483 Å². The molecule has 6 aromatic rings. The molecular weight excluding hydrogens is 1360 g/mol. The Kier molecular flexibility index (Phi) is 25.1. The third-order valence-electron chi connectivity index (χ3n) is 8.56. The molecule has 0 spiro atoms. The summed E-state index contributed by atoms with van der Waals surface area (Å²) in [7, 11) is 0. The zero-order chi connectivity index (χ0) is 52.8. The van der Waals surface area contributed by atoms with Gasteiger partial charge in [-0.15, -0.1) is 0 Å². The van der Waals surface area contributed by atoms with E-state index in [2.05, 4.69) is 29.9 Å². The van der Waals surface area contributed by atoms with Crippen LogP contribution < -0.4 is 30.6 Å². The van der Waals surface area contributed by atoms with E-state index in [1.54, 1.807) is 32.4 Å². The summed E-state index contributed by atoms with van der Waals surface area (Å²) in [5.41, 5.74) is -4.26. The van der Waals surface area contributed by atoms with E-state index >= 15 is 0 Å². The summed E-state index contributed by atoms with van der Waals surface area (Å²) in [6.07, 6.45) is 2.26. The molecule has 0 fully saturated rings. The molecule has 0 aliphatic carbocycles. The zero-order valence-corrected chi connectivity index (χ0v) is 45.7. The van der Waals surface area contributed by atoms with Crippen molar-refractivity contribution in [1.29, 1.82) is 31.6 Å². The maximum Gasteiger partial charge on any atom is 2.00 e. The Balaban J connectivity index is 0.000000494. The van der Waals surface area contributed by atoms with Gasteiger partial charge in [-0.3, -0.25) is 9.97 Å². The molecular formula is C42H10N12O12Ru3S6. The summed E-state index contributed by atoms with van der Waals surface area (Å²) >= 11 is 2.30. The van der Waals surface area contributed by atoms with E-state index < -0.39 is 58.1 Å². The Morgan fingerprint density at radius 2 is 0.640 bits per heavy atom. The molecule has 0 saturated heterocycles. The largest absolute Gasteiger partial charge is 2.00 e. The van der Waals surface area contributed by atoms with E-state index in [0.29, 0.717) is 70.6 Å². The molecule has 0 atom stereocenters. The van der Waals surface area contributed by atoms with Crippen LogP contribution in [0.5, 0.6) is 0 Å². The number of nitriles is 6. The fourth-order valence-electron chi connectivity index (χ4n) is 5.77. The standard InChI is InChI=1S/2C21H8N6O6S3.3Ru/c2*22-6-34-16-14(21(32)33)17(35-7-23)18(36-8-24)27-15(16)13-5-10(20(30)31)4-12(26-13)11-3-9(19(28)29)1-2-25-11;;;/h2*1-5H,(H,28,29)(H,30,31)(H,32,33);;;/q;;3*+2/p-6. The van der Waals surface area contributed by atoms with E-state index in [1.165, 1.54) is 0 Å². The molecule has 0 unspecified atom stereocenters. The van der Waals surface area contributed by atoms with Gasteiger partial charge >= 0.3 is 58.4 Å². The summed E-state index contributed by atoms with van der Waals surface area (Å²) in [4.78, 5) is 93.6. The second-order valence-electron chi connectivity index (χ2n) is 12.6.